The van der Waals surface area contributed by atoms with Gasteiger partial charge in [-0.25, -0.2) is 0 Å². The Bertz CT molecular complexity index is 504. The van der Waals surface area contributed by atoms with Crippen LogP contribution in [-0.4, -0.2) is 49.5 Å². The highest BCUT2D eigenvalue weighted by molar-refractivity contribution is 7.07. The second kappa shape index (κ2) is 9.58. The molecular formula is C17H23NO3S. The van der Waals surface area contributed by atoms with E-state index in [1.165, 1.54) is 5.56 Å². The number of benzene rings is 1. The molecule has 1 N–H and O–H groups in total. The zero-order valence-electron chi connectivity index (χ0n) is 12.9. The van der Waals surface area contributed by atoms with Gasteiger partial charge < -0.3 is 14.6 Å². The Labute approximate surface area is 135 Å². The topological polar surface area (TPSA) is 41.9 Å². The number of rotatable bonds is 10. The number of aliphatic hydroxyl groups is 1. The Morgan fingerprint density at radius 3 is 2.73 bits per heavy atom. The van der Waals surface area contributed by atoms with E-state index in [0.29, 0.717) is 13.2 Å². The first kappa shape index (κ1) is 17.0. The predicted octanol–water partition coefficient (Wildman–Crippen LogP) is 2.64. The molecule has 4 nitrogen and oxygen atoms in total. The van der Waals surface area contributed by atoms with Crippen molar-refractivity contribution in [2.24, 2.45) is 0 Å². The van der Waals surface area contributed by atoms with Gasteiger partial charge >= 0.3 is 0 Å². The summed E-state index contributed by atoms with van der Waals surface area (Å²) in [5, 5.41) is 14.4. The number of hydrogen-bond acceptors (Lipinski definition) is 5. The van der Waals surface area contributed by atoms with Crippen LogP contribution in [0.1, 0.15) is 5.56 Å². The monoisotopic (exact) mass is 321 g/mol. The van der Waals surface area contributed by atoms with Gasteiger partial charge in [0.05, 0.1) is 6.61 Å². The number of thiophene rings is 1. The Kier molecular flexibility index (Phi) is 7.39. The van der Waals surface area contributed by atoms with Crippen LogP contribution in [0, 0.1) is 0 Å². The molecule has 22 heavy (non-hydrogen) atoms. The van der Waals surface area contributed by atoms with Gasteiger partial charge in [-0.3, -0.25) is 4.90 Å². The zero-order valence-corrected chi connectivity index (χ0v) is 13.7. The first-order chi connectivity index (χ1) is 10.8. The Hall–Kier alpha value is -1.40. The van der Waals surface area contributed by atoms with Crippen LogP contribution in [0.4, 0.5) is 0 Å². The minimum absolute atomic E-state index is 0.289. The molecule has 2 rings (SSSR count). The van der Waals surface area contributed by atoms with Crippen LogP contribution in [-0.2, 0) is 11.3 Å². The van der Waals surface area contributed by atoms with Crippen molar-refractivity contribution in [3.63, 3.8) is 0 Å². The quantitative estimate of drug-likeness (QED) is 0.730. The highest BCUT2D eigenvalue weighted by Crippen LogP contribution is 2.11. The third kappa shape index (κ3) is 6.15. The van der Waals surface area contributed by atoms with Gasteiger partial charge in [0, 0.05) is 26.7 Å². The Morgan fingerprint density at radius 1 is 1.23 bits per heavy atom. The molecular weight excluding hydrogens is 298 g/mol. The summed E-state index contributed by atoms with van der Waals surface area (Å²) in [5.41, 5.74) is 1.26. The van der Waals surface area contributed by atoms with E-state index >= 15 is 0 Å². The van der Waals surface area contributed by atoms with Crippen molar-refractivity contribution >= 4 is 11.3 Å². The first-order valence-corrected chi connectivity index (χ1v) is 8.30. The standard InChI is InChI=1S/C17H23NO3S/c1-20-9-8-18(11-15-7-10-22-14-15)12-16(19)13-21-17-5-3-2-4-6-17/h2-7,10,14,16,19H,8-9,11-13H2,1H3/t16-/m0/s1. The van der Waals surface area contributed by atoms with Crippen molar-refractivity contribution in [2.75, 3.05) is 33.4 Å². The van der Waals surface area contributed by atoms with E-state index in [2.05, 4.69) is 21.7 Å². The largest absolute Gasteiger partial charge is 0.491 e. The molecule has 0 radical (unpaired) electrons. The molecule has 0 saturated carbocycles. The molecule has 1 atom stereocenters. The van der Waals surface area contributed by atoms with E-state index in [9.17, 15) is 5.11 Å². The summed E-state index contributed by atoms with van der Waals surface area (Å²) in [4.78, 5) is 2.19. The van der Waals surface area contributed by atoms with Gasteiger partial charge in [0.15, 0.2) is 0 Å². The molecule has 0 unspecified atom stereocenters. The van der Waals surface area contributed by atoms with Crippen LogP contribution >= 0.6 is 11.3 Å². The average Bonchev–Trinajstić information content (AvgIpc) is 3.04. The number of aliphatic hydroxyl groups excluding tert-OH is 1. The molecule has 0 fully saturated rings. The molecule has 5 heteroatoms. The molecule has 2 aromatic rings. The van der Waals surface area contributed by atoms with Gasteiger partial charge in [-0.2, -0.15) is 11.3 Å². The lowest BCUT2D eigenvalue weighted by Gasteiger charge is -2.24. The number of nitrogens with zero attached hydrogens (tertiary/aromatic N) is 1. The highest BCUT2D eigenvalue weighted by atomic mass is 32.1. The fraction of sp³-hybridized carbons (Fsp3) is 0.412. The Morgan fingerprint density at radius 2 is 2.05 bits per heavy atom. The van der Waals surface area contributed by atoms with E-state index in [1.54, 1.807) is 18.4 Å². The molecule has 0 saturated heterocycles. The van der Waals surface area contributed by atoms with Crippen molar-refractivity contribution in [2.45, 2.75) is 12.6 Å². The molecule has 0 aliphatic rings. The molecule has 0 spiro atoms. The van der Waals surface area contributed by atoms with Crippen LogP contribution in [0.15, 0.2) is 47.2 Å². The minimum Gasteiger partial charge on any atom is -0.491 e. The number of ether oxygens (including phenoxy) is 2. The summed E-state index contributed by atoms with van der Waals surface area (Å²) >= 11 is 1.69. The average molecular weight is 321 g/mol. The smallest absolute Gasteiger partial charge is 0.119 e. The third-order valence-electron chi connectivity index (χ3n) is 3.25. The lowest BCUT2D eigenvalue weighted by molar-refractivity contribution is 0.0542. The van der Waals surface area contributed by atoms with Gasteiger partial charge in [0.1, 0.15) is 18.5 Å². The van der Waals surface area contributed by atoms with E-state index in [0.717, 1.165) is 18.8 Å². The number of para-hydroxylation sites is 1. The summed E-state index contributed by atoms with van der Waals surface area (Å²) in [6.45, 7) is 3.10. The summed E-state index contributed by atoms with van der Waals surface area (Å²) in [5.74, 6) is 0.780. The van der Waals surface area contributed by atoms with Crippen molar-refractivity contribution < 1.29 is 14.6 Å². The molecule has 120 valence electrons. The number of hydrogen-bond donors (Lipinski definition) is 1. The van der Waals surface area contributed by atoms with Crippen LogP contribution in [0.5, 0.6) is 5.75 Å². The lowest BCUT2D eigenvalue weighted by atomic mass is 10.2. The molecule has 0 amide bonds. The molecule has 0 aliphatic heterocycles. The van der Waals surface area contributed by atoms with E-state index in [4.69, 9.17) is 9.47 Å². The fourth-order valence-corrected chi connectivity index (χ4v) is 2.82. The normalized spacial score (nSPS) is 12.5. The summed E-state index contributed by atoms with van der Waals surface area (Å²) in [6, 6.07) is 11.7. The van der Waals surface area contributed by atoms with Gasteiger partial charge in [-0.15, -0.1) is 0 Å². The van der Waals surface area contributed by atoms with Crippen LogP contribution in [0.3, 0.4) is 0 Å². The predicted molar refractivity (Wildman–Crippen MR) is 89.4 cm³/mol. The van der Waals surface area contributed by atoms with Gasteiger partial charge in [0.2, 0.25) is 0 Å². The molecule has 1 heterocycles. The maximum atomic E-state index is 10.2. The minimum atomic E-state index is -0.532. The van der Waals surface area contributed by atoms with Crippen molar-refractivity contribution in [1.29, 1.82) is 0 Å². The summed E-state index contributed by atoms with van der Waals surface area (Å²) in [7, 11) is 1.69. The molecule has 0 bridgehead atoms. The Balaban J connectivity index is 1.80. The fourth-order valence-electron chi connectivity index (χ4n) is 2.16. The highest BCUT2D eigenvalue weighted by Gasteiger charge is 2.13. The maximum Gasteiger partial charge on any atom is 0.119 e. The second-order valence-corrected chi connectivity index (χ2v) is 5.92. The second-order valence-electron chi connectivity index (χ2n) is 5.14. The van der Waals surface area contributed by atoms with Crippen LogP contribution in [0.2, 0.25) is 0 Å². The van der Waals surface area contributed by atoms with Gasteiger partial charge in [-0.1, -0.05) is 18.2 Å². The lowest BCUT2D eigenvalue weighted by Crippen LogP contribution is -2.37. The zero-order chi connectivity index (χ0) is 15.6. The summed E-state index contributed by atoms with van der Waals surface area (Å²) < 4.78 is 10.8. The van der Waals surface area contributed by atoms with Crippen LogP contribution < -0.4 is 4.74 Å². The van der Waals surface area contributed by atoms with Gasteiger partial charge in [0.25, 0.3) is 0 Å². The van der Waals surface area contributed by atoms with Crippen molar-refractivity contribution in [1.82, 2.24) is 4.90 Å². The van der Waals surface area contributed by atoms with E-state index in [-0.39, 0.29) is 6.61 Å². The summed E-state index contributed by atoms with van der Waals surface area (Å²) in [6.07, 6.45) is -0.532. The van der Waals surface area contributed by atoms with Crippen molar-refractivity contribution in [3.8, 4) is 5.75 Å². The van der Waals surface area contributed by atoms with Crippen molar-refractivity contribution in [3.05, 3.63) is 52.7 Å². The van der Waals surface area contributed by atoms with Crippen LogP contribution in [0.25, 0.3) is 0 Å². The number of methoxy groups -OCH3 is 1. The van der Waals surface area contributed by atoms with E-state index < -0.39 is 6.10 Å². The first-order valence-electron chi connectivity index (χ1n) is 7.36. The van der Waals surface area contributed by atoms with Gasteiger partial charge in [-0.05, 0) is 34.5 Å². The molecule has 0 aliphatic carbocycles. The SMILES string of the molecule is COCCN(Cc1ccsc1)C[C@H](O)COc1ccccc1. The molecule has 1 aromatic heterocycles. The van der Waals surface area contributed by atoms with E-state index in [1.807, 2.05) is 30.3 Å². The maximum absolute atomic E-state index is 10.2. The third-order valence-corrected chi connectivity index (χ3v) is 3.98. The molecule has 1 aromatic carbocycles.